The molecule has 0 spiro atoms. The average Bonchev–Trinajstić information content (AvgIpc) is 2.60. The average molecular weight is 233 g/mol. The number of hydrogen-bond donors (Lipinski definition) is 0. The van der Waals surface area contributed by atoms with E-state index in [9.17, 15) is 4.79 Å². The van der Waals surface area contributed by atoms with E-state index in [0.29, 0.717) is 0 Å². The first-order valence-electron chi connectivity index (χ1n) is 5.97. The molecule has 1 aromatic carbocycles. The topological polar surface area (TPSA) is 29.5 Å². The van der Waals surface area contributed by atoms with Crippen molar-refractivity contribution in [1.29, 1.82) is 0 Å². The highest BCUT2D eigenvalue weighted by molar-refractivity contribution is 5.90. The first kappa shape index (κ1) is 12.0. The minimum Gasteiger partial charge on any atom is -0.443 e. The lowest BCUT2D eigenvalue weighted by atomic mass is 10.1. The summed E-state index contributed by atoms with van der Waals surface area (Å²) in [5.74, 6) is 0. The number of rotatable bonds is 0. The lowest BCUT2D eigenvalue weighted by Crippen LogP contribution is -2.35. The van der Waals surface area contributed by atoms with Gasteiger partial charge < -0.3 is 4.74 Å². The molecule has 2 rings (SSSR count). The van der Waals surface area contributed by atoms with Crippen LogP contribution in [0.5, 0.6) is 0 Å². The third-order valence-corrected chi connectivity index (χ3v) is 2.88. The van der Waals surface area contributed by atoms with Crippen LogP contribution in [-0.4, -0.2) is 18.2 Å². The monoisotopic (exact) mass is 233 g/mol. The maximum atomic E-state index is 12.0. The molecular formula is C14H19NO2. The first-order chi connectivity index (χ1) is 7.88. The Morgan fingerprint density at radius 1 is 1.35 bits per heavy atom. The molecule has 1 aliphatic heterocycles. The highest BCUT2D eigenvalue weighted by atomic mass is 16.6. The van der Waals surface area contributed by atoms with Crippen LogP contribution in [0.4, 0.5) is 10.5 Å². The van der Waals surface area contributed by atoms with Gasteiger partial charge in [-0.15, -0.1) is 0 Å². The SMILES string of the molecule is Cc1cccc2c1CCN2C(=O)OC(C)(C)C. The van der Waals surface area contributed by atoms with E-state index in [0.717, 1.165) is 18.7 Å². The maximum Gasteiger partial charge on any atom is 0.414 e. The fourth-order valence-corrected chi connectivity index (χ4v) is 2.12. The molecule has 1 amide bonds. The number of hydrogen-bond acceptors (Lipinski definition) is 2. The molecule has 0 aromatic heterocycles. The molecule has 0 bridgehead atoms. The van der Waals surface area contributed by atoms with Crippen molar-refractivity contribution in [2.75, 3.05) is 11.4 Å². The third-order valence-electron chi connectivity index (χ3n) is 2.88. The van der Waals surface area contributed by atoms with Crippen molar-refractivity contribution in [3.63, 3.8) is 0 Å². The predicted molar refractivity (Wildman–Crippen MR) is 68.5 cm³/mol. The van der Waals surface area contributed by atoms with Crippen LogP contribution in [0.2, 0.25) is 0 Å². The lowest BCUT2D eigenvalue weighted by Gasteiger charge is -2.24. The first-order valence-corrected chi connectivity index (χ1v) is 5.97. The van der Waals surface area contributed by atoms with Gasteiger partial charge in [0.05, 0.1) is 5.69 Å². The van der Waals surface area contributed by atoms with E-state index in [4.69, 9.17) is 4.74 Å². The number of fused-ring (bicyclic) bond motifs is 1. The van der Waals surface area contributed by atoms with E-state index in [1.807, 2.05) is 32.9 Å². The van der Waals surface area contributed by atoms with Crippen molar-refractivity contribution in [1.82, 2.24) is 0 Å². The van der Waals surface area contributed by atoms with Gasteiger partial charge in [0, 0.05) is 6.54 Å². The van der Waals surface area contributed by atoms with Crippen LogP contribution in [0.1, 0.15) is 31.9 Å². The second kappa shape index (κ2) is 4.06. The minimum absolute atomic E-state index is 0.248. The maximum absolute atomic E-state index is 12.0. The number of amides is 1. The molecule has 0 saturated heterocycles. The van der Waals surface area contributed by atoms with E-state index in [1.165, 1.54) is 11.1 Å². The van der Waals surface area contributed by atoms with Crippen LogP contribution in [0.15, 0.2) is 18.2 Å². The predicted octanol–water partition coefficient (Wildman–Crippen LogP) is 3.29. The Bertz CT molecular complexity index is 446. The van der Waals surface area contributed by atoms with E-state index in [1.54, 1.807) is 4.90 Å². The van der Waals surface area contributed by atoms with E-state index in [-0.39, 0.29) is 6.09 Å². The quantitative estimate of drug-likeness (QED) is 0.688. The molecule has 0 fully saturated rings. The van der Waals surface area contributed by atoms with Gasteiger partial charge in [-0.2, -0.15) is 0 Å². The second-order valence-electron chi connectivity index (χ2n) is 5.45. The Hall–Kier alpha value is -1.51. The second-order valence-corrected chi connectivity index (χ2v) is 5.45. The van der Waals surface area contributed by atoms with Crippen molar-refractivity contribution in [2.24, 2.45) is 0 Å². The molecule has 1 aliphatic rings. The summed E-state index contributed by atoms with van der Waals surface area (Å²) >= 11 is 0. The molecule has 0 N–H and O–H groups in total. The van der Waals surface area contributed by atoms with Gasteiger partial charge in [-0.3, -0.25) is 4.90 Å². The summed E-state index contributed by atoms with van der Waals surface area (Å²) in [5.41, 5.74) is 3.06. The summed E-state index contributed by atoms with van der Waals surface area (Å²) in [7, 11) is 0. The summed E-state index contributed by atoms with van der Waals surface area (Å²) in [6, 6.07) is 6.05. The molecule has 0 atom stereocenters. The number of nitrogens with zero attached hydrogens (tertiary/aromatic N) is 1. The standard InChI is InChI=1S/C14H19NO2/c1-10-6-5-7-12-11(10)8-9-15(12)13(16)17-14(2,3)4/h5-7H,8-9H2,1-4H3. The number of ether oxygens (including phenoxy) is 1. The Kier molecular flexibility index (Phi) is 2.86. The highest BCUT2D eigenvalue weighted by Gasteiger charge is 2.29. The van der Waals surface area contributed by atoms with Crippen LogP contribution in [0.25, 0.3) is 0 Å². The Morgan fingerprint density at radius 2 is 2.06 bits per heavy atom. The smallest absolute Gasteiger partial charge is 0.414 e. The normalized spacial score (nSPS) is 14.7. The molecule has 0 aliphatic carbocycles. The van der Waals surface area contributed by atoms with E-state index < -0.39 is 5.60 Å². The molecule has 0 radical (unpaired) electrons. The van der Waals surface area contributed by atoms with Gasteiger partial charge in [-0.05, 0) is 51.3 Å². The van der Waals surface area contributed by atoms with Crippen LogP contribution in [-0.2, 0) is 11.2 Å². The Balaban J connectivity index is 2.23. The molecular weight excluding hydrogens is 214 g/mol. The van der Waals surface area contributed by atoms with Crippen LogP contribution in [0.3, 0.4) is 0 Å². The molecule has 1 heterocycles. The number of carbonyl (C=O) groups excluding carboxylic acids is 1. The Labute approximate surface area is 102 Å². The number of benzene rings is 1. The van der Waals surface area contributed by atoms with Crippen molar-refractivity contribution >= 4 is 11.8 Å². The summed E-state index contributed by atoms with van der Waals surface area (Å²) < 4.78 is 5.41. The van der Waals surface area contributed by atoms with Gasteiger partial charge >= 0.3 is 6.09 Å². The molecule has 92 valence electrons. The number of aryl methyl sites for hydroxylation is 1. The van der Waals surface area contributed by atoms with Crippen molar-refractivity contribution < 1.29 is 9.53 Å². The van der Waals surface area contributed by atoms with E-state index in [2.05, 4.69) is 13.0 Å². The fourth-order valence-electron chi connectivity index (χ4n) is 2.12. The molecule has 1 aromatic rings. The van der Waals surface area contributed by atoms with Gasteiger partial charge in [0.15, 0.2) is 0 Å². The summed E-state index contributed by atoms with van der Waals surface area (Å²) in [6.07, 6.45) is 0.670. The van der Waals surface area contributed by atoms with Crippen molar-refractivity contribution in [3.8, 4) is 0 Å². The van der Waals surface area contributed by atoms with Gasteiger partial charge in [-0.1, -0.05) is 12.1 Å². The highest BCUT2D eigenvalue weighted by Crippen LogP contribution is 2.31. The summed E-state index contributed by atoms with van der Waals surface area (Å²) in [6.45, 7) is 8.46. The zero-order chi connectivity index (χ0) is 12.6. The lowest BCUT2D eigenvalue weighted by molar-refractivity contribution is 0.0584. The molecule has 17 heavy (non-hydrogen) atoms. The van der Waals surface area contributed by atoms with Gasteiger partial charge in [0.25, 0.3) is 0 Å². The molecule has 0 saturated carbocycles. The number of carbonyl (C=O) groups is 1. The van der Waals surface area contributed by atoms with Gasteiger partial charge in [0.2, 0.25) is 0 Å². The molecule has 3 heteroatoms. The fraction of sp³-hybridized carbons (Fsp3) is 0.500. The zero-order valence-electron chi connectivity index (χ0n) is 10.9. The van der Waals surface area contributed by atoms with Gasteiger partial charge in [0.1, 0.15) is 5.60 Å². The van der Waals surface area contributed by atoms with Gasteiger partial charge in [-0.25, -0.2) is 4.79 Å². The summed E-state index contributed by atoms with van der Waals surface area (Å²) in [5, 5.41) is 0. The molecule has 3 nitrogen and oxygen atoms in total. The van der Waals surface area contributed by atoms with Crippen molar-refractivity contribution in [3.05, 3.63) is 29.3 Å². The van der Waals surface area contributed by atoms with E-state index >= 15 is 0 Å². The third kappa shape index (κ3) is 2.43. The number of anilines is 1. The Morgan fingerprint density at radius 3 is 2.71 bits per heavy atom. The van der Waals surface area contributed by atoms with Crippen LogP contribution < -0.4 is 4.90 Å². The summed E-state index contributed by atoms with van der Waals surface area (Å²) in [4.78, 5) is 13.8. The van der Waals surface area contributed by atoms with Crippen LogP contribution >= 0.6 is 0 Å². The van der Waals surface area contributed by atoms with Crippen molar-refractivity contribution in [2.45, 2.75) is 39.7 Å². The van der Waals surface area contributed by atoms with Crippen LogP contribution in [0, 0.1) is 6.92 Å². The minimum atomic E-state index is -0.441. The molecule has 0 unspecified atom stereocenters. The largest absolute Gasteiger partial charge is 0.443 e. The zero-order valence-corrected chi connectivity index (χ0v) is 10.9.